The predicted octanol–water partition coefficient (Wildman–Crippen LogP) is 2.75. The van der Waals surface area contributed by atoms with Crippen LogP contribution >= 0.6 is 0 Å². The Balaban J connectivity index is 4.05. The second kappa shape index (κ2) is 5.20. The van der Waals surface area contributed by atoms with Gasteiger partial charge in [0.15, 0.2) is 5.92 Å². The standard InChI is InChI=1S/C9H14F3NO/c1-6(2)7(3)14-5-8(4-13)9(10,11)12/h6-8H,5H2,1-3H3. The van der Waals surface area contributed by atoms with Crippen LogP contribution in [0.2, 0.25) is 0 Å². The SMILES string of the molecule is CC(C)C(C)OCC(C#N)C(F)(F)F. The summed E-state index contributed by atoms with van der Waals surface area (Å²) in [7, 11) is 0. The zero-order valence-electron chi connectivity index (χ0n) is 8.43. The Morgan fingerprint density at radius 2 is 1.79 bits per heavy atom. The lowest BCUT2D eigenvalue weighted by atomic mass is 10.1. The molecular weight excluding hydrogens is 195 g/mol. The van der Waals surface area contributed by atoms with Crippen molar-refractivity contribution in [2.75, 3.05) is 6.61 Å². The number of hydrogen-bond acceptors (Lipinski definition) is 2. The minimum atomic E-state index is -4.49. The molecule has 0 aliphatic carbocycles. The zero-order valence-corrected chi connectivity index (χ0v) is 8.43. The predicted molar refractivity (Wildman–Crippen MR) is 45.4 cm³/mol. The summed E-state index contributed by atoms with van der Waals surface area (Å²) >= 11 is 0. The topological polar surface area (TPSA) is 33.0 Å². The number of ether oxygens (including phenoxy) is 1. The Kier molecular flexibility index (Phi) is 4.92. The van der Waals surface area contributed by atoms with E-state index in [0.717, 1.165) is 0 Å². The van der Waals surface area contributed by atoms with E-state index >= 15 is 0 Å². The van der Waals surface area contributed by atoms with Crippen LogP contribution in [0.4, 0.5) is 13.2 Å². The molecule has 0 amide bonds. The normalized spacial score (nSPS) is 16.4. The average molecular weight is 209 g/mol. The molecule has 0 aromatic carbocycles. The summed E-state index contributed by atoms with van der Waals surface area (Å²) in [5.74, 6) is -1.88. The van der Waals surface area contributed by atoms with E-state index in [4.69, 9.17) is 10.00 Å². The van der Waals surface area contributed by atoms with E-state index in [9.17, 15) is 13.2 Å². The number of alkyl halides is 3. The molecule has 0 spiro atoms. The second-order valence-electron chi connectivity index (χ2n) is 3.51. The van der Waals surface area contributed by atoms with Crippen molar-refractivity contribution in [3.05, 3.63) is 0 Å². The number of halogens is 3. The molecule has 2 atom stereocenters. The van der Waals surface area contributed by atoms with Crippen LogP contribution in [0.3, 0.4) is 0 Å². The molecule has 0 aromatic rings. The van der Waals surface area contributed by atoms with Crippen molar-refractivity contribution in [3.63, 3.8) is 0 Å². The smallest absolute Gasteiger partial charge is 0.377 e. The molecule has 0 rings (SSSR count). The lowest BCUT2D eigenvalue weighted by Crippen LogP contribution is -2.29. The lowest BCUT2D eigenvalue weighted by molar-refractivity contribution is -0.176. The molecule has 0 fully saturated rings. The summed E-state index contributed by atoms with van der Waals surface area (Å²) in [5, 5.41) is 8.26. The van der Waals surface area contributed by atoms with Gasteiger partial charge < -0.3 is 4.74 Å². The Labute approximate surface area is 81.7 Å². The molecule has 0 heterocycles. The highest BCUT2D eigenvalue weighted by Gasteiger charge is 2.40. The molecule has 0 aliphatic heterocycles. The van der Waals surface area contributed by atoms with E-state index in [1.165, 1.54) is 6.07 Å². The maximum Gasteiger partial charge on any atom is 0.406 e. The van der Waals surface area contributed by atoms with Gasteiger partial charge in [-0.25, -0.2) is 0 Å². The van der Waals surface area contributed by atoms with Crippen LogP contribution in [0.15, 0.2) is 0 Å². The molecule has 0 bridgehead atoms. The first-order valence-corrected chi connectivity index (χ1v) is 4.37. The Bertz CT molecular complexity index is 207. The minimum Gasteiger partial charge on any atom is -0.377 e. The van der Waals surface area contributed by atoms with Crippen LogP contribution in [-0.2, 0) is 4.74 Å². The summed E-state index contributed by atoms with van der Waals surface area (Å²) in [6, 6.07) is 1.19. The fourth-order valence-corrected chi connectivity index (χ4v) is 0.645. The second-order valence-corrected chi connectivity index (χ2v) is 3.51. The van der Waals surface area contributed by atoms with Crippen molar-refractivity contribution in [1.29, 1.82) is 5.26 Å². The number of nitrogens with zero attached hydrogens (tertiary/aromatic N) is 1. The molecule has 82 valence electrons. The van der Waals surface area contributed by atoms with E-state index in [1.807, 2.05) is 13.8 Å². The van der Waals surface area contributed by atoms with Crippen LogP contribution in [0.25, 0.3) is 0 Å². The molecule has 0 aliphatic rings. The van der Waals surface area contributed by atoms with Crippen molar-refractivity contribution < 1.29 is 17.9 Å². The summed E-state index contributed by atoms with van der Waals surface area (Å²) < 4.78 is 41.1. The van der Waals surface area contributed by atoms with Gasteiger partial charge in [0.1, 0.15) is 0 Å². The first kappa shape index (κ1) is 13.2. The van der Waals surface area contributed by atoms with E-state index in [0.29, 0.717) is 0 Å². The molecule has 0 radical (unpaired) electrons. The highest BCUT2D eigenvalue weighted by atomic mass is 19.4. The fourth-order valence-electron chi connectivity index (χ4n) is 0.645. The summed E-state index contributed by atoms with van der Waals surface area (Å²) in [4.78, 5) is 0. The molecular formula is C9H14F3NO. The van der Waals surface area contributed by atoms with Crippen molar-refractivity contribution in [3.8, 4) is 6.07 Å². The number of hydrogen-bond donors (Lipinski definition) is 0. The van der Waals surface area contributed by atoms with Gasteiger partial charge in [0, 0.05) is 0 Å². The van der Waals surface area contributed by atoms with Crippen LogP contribution in [0.5, 0.6) is 0 Å². The third kappa shape index (κ3) is 4.47. The number of nitriles is 1. The van der Waals surface area contributed by atoms with Gasteiger partial charge >= 0.3 is 6.18 Å². The van der Waals surface area contributed by atoms with Crippen molar-refractivity contribution >= 4 is 0 Å². The Hall–Kier alpha value is -0.760. The third-order valence-electron chi connectivity index (χ3n) is 2.02. The van der Waals surface area contributed by atoms with Gasteiger partial charge in [-0.05, 0) is 12.8 Å². The molecule has 5 heteroatoms. The first-order valence-electron chi connectivity index (χ1n) is 4.37. The van der Waals surface area contributed by atoms with E-state index in [-0.39, 0.29) is 12.0 Å². The minimum absolute atomic E-state index is 0.141. The van der Waals surface area contributed by atoms with Gasteiger partial charge in [-0.2, -0.15) is 18.4 Å². The summed E-state index contributed by atoms with van der Waals surface area (Å²) in [6.07, 6.45) is -4.76. The fraction of sp³-hybridized carbons (Fsp3) is 0.889. The molecule has 2 unspecified atom stereocenters. The van der Waals surface area contributed by atoms with E-state index < -0.39 is 18.7 Å². The summed E-state index contributed by atoms with van der Waals surface area (Å²) in [6.45, 7) is 4.80. The third-order valence-corrected chi connectivity index (χ3v) is 2.02. The van der Waals surface area contributed by atoms with Gasteiger partial charge in [0.25, 0.3) is 0 Å². The lowest BCUT2D eigenvalue weighted by Gasteiger charge is -2.19. The largest absolute Gasteiger partial charge is 0.406 e. The zero-order chi connectivity index (χ0) is 11.4. The van der Waals surface area contributed by atoms with Crippen molar-refractivity contribution in [1.82, 2.24) is 0 Å². The molecule has 0 N–H and O–H groups in total. The molecule has 0 saturated heterocycles. The van der Waals surface area contributed by atoms with Crippen molar-refractivity contribution in [2.24, 2.45) is 11.8 Å². The van der Waals surface area contributed by atoms with Gasteiger partial charge in [-0.1, -0.05) is 13.8 Å². The van der Waals surface area contributed by atoms with Crippen LogP contribution < -0.4 is 0 Å². The summed E-state index contributed by atoms with van der Waals surface area (Å²) in [5.41, 5.74) is 0. The maximum absolute atomic E-state index is 12.1. The van der Waals surface area contributed by atoms with Gasteiger partial charge in [-0.15, -0.1) is 0 Å². The van der Waals surface area contributed by atoms with Gasteiger partial charge in [0.2, 0.25) is 0 Å². The first-order chi connectivity index (χ1) is 6.29. The molecule has 0 aromatic heterocycles. The Morgan fingerprint density at radius 1 is 1.29 bits per heavy atom. The Morgan fingerprint density at radius 3 is 2.07 bits per heavy atom. The van der Waals surface area contributed by atoms with Crippen LogP contribution in [-0.4, -0.2) is 18.9 Å². The number of rotatable bonds is 4. The molecule has 0 saturated carbocycles. The highest BCUT2D eigenvalue weighted by molar-refractivity contribution is 4.88. The molecule has 2 nitrogen and oxygen atoms in total. The van der Waals surface area contributed by atoms with Gasteiger partial charge in [0.05, 0.1) is 18.8 Å². The van der Waals surface area contributed by atoms with E-state index in [1.54, 1.807) is 6.92 Å². The van der Waals surface area contributed by atoms with E-state index in [2.05, 4.69) is 0 Å². The van der Waals surface area contributed by atoms with Crippen molar-refractivity contribution in [2.45, 2.75) is 33.1 Å². The monoisotopic (exact) mass is 209 g/mol. The van der Waals surface area contributed by atoms with Gasteiger partial charge in [-0.3, -0.25) is 0 Å². The van der Waals surface area contributed by atoms with Crippen LogP contribution in [0.1, 0.15) is 20.8 Å². The maximum atomic E-state index is 12.1. The highest BCUT2D eigenvalue weighted by Crippen LogP contribution is 2.26. The average Bonchev–Trinajstić information content (AvgIpc) is 2.02. The van der Waals surface area contributed by atoms with Crippen LogP contribution in [0, 0.1) is 23.2 Å². The molecule has 14 heavy (non-hydrogen) atoms. The quantitative estimate of drug-likeness (QED) is 0.713.